The van der Waals surface area contributed by atoms with Gasteiger partial charge in [-0.15, -0.1) is 0 Å². The van der Waals surface area contributed by atoms with E-state index >= 15 is 0 Å². The molecule has 0 aliphatic heterocycles. The number of hydrogen-bond donors (Lipinski definition) is 2. The van der Waals surface area contributed by atoms with Crippen LogP contribution < -0.4 is 10.6 Å². The summed E-state index contributed by atoms with van der Waals surface area (Å²) in [6, 6.07) is 9.08. The number of carbonyl (C=O) groups is 1. The van der Waals surface area contributed by atoms with E-state index in [1.165, 1.54) is 18.2 Å². The fourth-order valence-electron chi connectivity index (χ4n) is 2.10. The molecule has 0 radical (unpaired) electrons. The molecular formula is C16H13BrFN5O. The number of aromatic nitrogens is 3. The van der Waals surface area contributed by atoms with Crippen molar-refractivity contribution in [2.24, 2.45) is 0 Å². The van der Waals surface area contributed by atoms with Gasteiger partial charge in [-0.2, -0.15) is 5.10 Å². The number of hydrogen-bond acceptors (Lipinski definition) is 3. The number of benzene rings is 1. The number of nitrogens with zero attached hydrogens (tertiary/aromatic N) is 3. The van der Waals surface area contributed by atoms with Crippen LogP contribution in [0, 0.1) is 5.82 Å². The monoisotopic (exact) mass is 389 g/mol. The van der Waals surface area contributed by atoms with Crippen LogP contribution in [0.25, 0.3) is 5.82 Å². The van der Waals surface area contributed by atoms with Gasteiger partial charge in [0.2, 0.25) is 0 Å². The molecule has 0 unspecified atom stereocenters. The molecule has 0 aliphatic carbocycles. The Bertz CT molecular complexity index is 853. The van der Waals surface area contributed by atoms with E-state index in [2.05, 4.69) is 36.6 Å². The van der Waals surface area contributed by atoms with Gasteiger partial charge in [0.25, 0.3) is 0 Å². The third kappa shape index (κ3) is 3.77. The summed E-state index contributed by atoms with van der Waals surface area (Å²) >= 11 is 3.21. The van der Waals surface area contributed by atoms with Gasteiger partial charge in [-0.1, -0.05) is 6.07 Å². The zero-order chi connectivity index (χ0) is 16.9. The topological polar surface area (TPSA) is 71.8 Å². The molecule has 3 rings (SSSR count). The van der Waals surface area contributed by atoms with Crippen molar-refractivity contribution < 1.29 is 9.18 Å². The average molecular weight is 390 g/mol. The molecule has 122 valence electrons. The van der Waals surface area contributed by atoms with Gasteiger partial charge in [0.05, 0.1) is 5.69 Å². The lowest BCUT2D eigenvalue weighted by molar-refractivity contribution is 0.251. The maximum atomic E-state index is 13.1. The van der Waals surface area contributed by atoms with Gasteiger partial charge in [0, 0.05) is 35.2 Å². The zero-order valence-electron chi connectivity index (χ0n) is 12.4. The van der Waals surface area contributed by atoms with Gasteiger partial charge < -0.3 is 10.6 Å². The van der Waals surface area contributed by atoms with E-state index in [4.69, 9.17) is 0 Å². The molecule has 1 aromatic carbocycles. The fourth-order valence-corrected chi connectivity index (χ4v) is 2.55. The minimum absolute atomic E-state index is 0.272. The number of rotatable bonds is 4. The Morgan fingerprint density at radius 2 is 2.12 bits per heavy atom. The van der Waals surface area contributed by atoms with Crippen LogP contribution in [0.15, 0.2) is 59.5 Å². The van der Waals surface area contributed by atoms with E-state index in [1.54, 1.807) is 35.4 Å². The maximum absolute atomic E-state index is 13.1. The highest BCUT2D eigenvalue weighted by molar-refractivity contribution is 9.10. The first kappa shape index (κ1) is 16.1. The molecule has 8 heteroatoms. The van der Waals surface area contributed by atoms with Crippen LogP contribution in [0.2, 0.25) is 0 Å². The highest BCUT2D eigenvalue weighted by Crippen LogP contribution is 2.22. The first-order valence-corrected chi connectivity index (χ1v) is 7.86. The average Bonchev–Trinajstić information content (AvgIpc) is 3.10. The molecule has 0 bridgehead atoms. The van der Waals surface area contributed by atoms with E-state index in [9.17, 15) is 9.18 Å². The number of pyridine rings is 1. The lowest BCUT2D eigenvalue weighted by Gasteiger charge is -2.11. The first-order valence-electron chi connectivity index (χ1n) is 7.07. The van der Waals surface area contributed by atoms with Crippen molar-refractivity contribution in [3.63, 3.8) is 0 Å². The van der Waals surface area contributed by atoms with Crippen molar-refractivity contribution in [1.82, 2.24) is 20.1 Å². The Balaban J connectivity index is 1.67. The Morgan fingerprint density at radius 3 is 2.88 bits per heavy atom. The molecule has 2 N–H and O–H groups in total. The van der Waals surface area contributed by atoms with E-state index in [0.717, 1.165) is 5.56 Å². The third-order valence-electron chi connectivity index (χ3n) is 3.21. The molecule has 0 aliphatic rings. The Hall–Kier alpha value is -2.74. The summed E-state index contributed by atoms with van der Waals surface area (Å²) < 4.78 is 15.2. The van der Waals surface area contributed by atoms with Gasteiger partial charge in [-0.05, 0) is 46.3 Å². The summed E-state index contributed by atoms with van der Waals surface area (Å²) in [5.41, 5.74) is 1.29. The SMILES string of the molecule is O=C(NCc1cccnc1-n1cccn1)Nc1ccc(F)cc1Br. The molecule has 0 atom stereocenters. The molecule has 2 amide bonds. The molecular weight excluding hydrogens is 377 g/mol. The van der Waals surface area contributed by atoms with E-state index < -0.39 is 6.03 Å². The quantitative estimate of drug-likeness (QED) is 0.717. The van der Waals surface area contributed by atoms with Crippen LogP contribution in [0.5, 0.6) is 0 Å². The summed E-state index contributed by atoms with van der Waals surface area (Å²) in [5.74, 6) is 0.262. The van der Waals surface area contributed by atoms with Crippen LogP contribution >= 0.6 is 15.9 Å². The Morgan fingerprint density at radius 1 is 1.25 bits per heavy atom. The first-order chi connectivity index (χ1) is 11.6. The highest BCUT2D eigenvalue weighted by Gasteiger charge is 2.09. The summed E-state index contributed by atoms with van der Waals surface area (Å²) in [6.45, 7) is 0.272. The van der Waals surface area contributed by atoms with Gasteiger partial charge in [0.1, 0.15) is 5.82 Å². The molecule has 0 saturated heterocycles. The lowest BCUT2D eigenvalue weighted by atomic mass is 10.2. The normalized spacial score (nSPS) is 10.4. The Labute approximate surface area is 145 Å². The van der Waals surface area contributed by atoms with Gasteiger partial charge >= 0.3 is 6.03 Å². The predicted octanol–water partition coefficient (Wildman–Crippen LogP) is 3.49. The smallest absolute Gasteiger partial charge is 0.319 e. The van der Waals surface area contributed by atoms with Crippen molar-refractivity contribution >= 4 is 27.6 Å². The number of nitrogens with one attached hydrogen (secondary N) is 2. The molecule has 6 nitrogen and oxygen atoms in total. The Kier molecular flexibility index (Phi) is 4.85. The van der Waals surface area contributed by atoms with E-state index in [0.29, 0.717) is 16.0 Å². The molecule has 0 saturated carbocycles. The molecule has 0 spiro atoms. The number of anilines is 1. The van der Waals surface area contributed by atoms with Crippen LogP contribution in [0.3, 0.4) is 0 Å². The summed E-state index contributed by atoms with van der Waals surface area (Å²) in [5, 5.41) is 9.55. The fraction of sp³-hybridized carbons (Fsp3) is 0.0625. The van der Waals surface area contributed by atoms with Gasteiger partial charge in [-0.3, -0.25) is 0 Å². The van der Waals surface area contributed by atoms with Gasteiger partial charge in [0.15, 0.2) is 5.82 Å². The van der Waals surface area contributed by atoms with Crippen LogP contribution in [-0.4, -0.2) is 20.8 Å². The second kappa shape index (κ2) is 7.22. The van der Waals surface area contributed by atoms with Crippen molar-refractivity contribution in [2.45, 2.75) is 6.54 Å². The molecule has 2 heterocycles. The predicted molar refractivity (Wildman–Crippen MR) is 91.3 cm³/mol. The number of amides is 2. The lowest BCUT2D eigenvalue weighted by Crippen LogP contribution is -2.29. The molecule has 0 fully saturated rings. The van der Waals surface area contributed by atoms with Crippen molar-refractivity contribution in [1.29, 1.82) is 0 Å². The van der Waals surface area contributed by atoms with Crippen LogP contribution in [0.4, 0.5) is 14.9 Å². The van der Waals surface area contributed by atoms with Crippen LogP contribution in [0.1, 0.15) is 5.56 Å². The molecule has 24 heavy (non-hydrogen) atoms. The molecule has 3 aromatic rings. The zero-order valence-corrected chi connectivity index (χ0v) is 14.0. The standard InChI is InChI=1S/C16H13BrFN5O/c17-13-9-12(18)4-5-14(13)22-16(24)20-10-11-3-1-6-19-15(11)23-8-2-7-21-23/h1-9H,10H2,(H2,20,22,24). The van der Waals surface area contributed by atoms with Crippen molar-refractivity contribution in [2.75, 3.05) is 5.32 Å². The summed E-state index contributed by atoms with van der Waals surface area (Å²) in [6.07, 6.45) is 5.10. The number of urea groups is 1. The maximum Gasteiger partial charge on any atom is 0.319 e. The van der Waals surface area contributed by atoms with E-state index in [-0.39, 0.29) is 12.4 Å². The minimum atomic E-state index is -0.405. The second-order valence-electron chi connectivity index (χ2n) is 4.87. The van der Waals surface area contributed by atoms with Crippen LogP contribution in [-0.2, 0) is 6.54 Å². The molecule has 2 aromatic heterocycles. The van der Waals surface area contributed by atoms with Crippen molar-refractivity contribution in [3.05, 3.63) is 70.8 Å². The second-order valence-corrected chi connectivity index (χ2v) is 5.72. The number of carbonyl (C=O) groups excluding carboxylic acids is 1. The van der Waals surface area contributed by atoms with Crippen molar-refractivity contribution in [3.8, 4) is 5.82 Å². The van der Waals surface area contributed by atoms with E-state index in [1.807, 2.05) is 6.07 Å². The third-order valence-corrected chi connectivity index (χ3v) is 3.86. The highest BCUT2D eigenvalue weighted by atomic mass is 79.9. The summed E-state index contributed by atoms with van der Waals surface area (Å²) in [4.78, 5) is 16.3. The number of halogens is 2. The minimum Gasteiger partial charge on any atom is -0.334 e. The van der Waals surface area contributed by atoms with Gasteiger partial charge in [-0.25, -0.2) is 18.9 Å². The summed E-state index contributed by atoms with van der Waals surface area (Å²) in [7, 11) is 0. The largest absolute Gasteiger partial charge is 0.334 e.